The summed E-state index contributed by atoms with van der Waals surface area (Å²) in [5, 5.41) is 8.93. The maximum atomic E-state index is 12.3. The van der Waals surface area contributed by atoms with Crippen LogP contribution >= 0.6 is 30.1 Å². The SMILES string of the molecule is COc1cc(N2CCP(C)(=O)CC2)ccc1Nc1nc(NCc2cccs2)ncc1Cl. The molecule has 1 fully saturated rings. The highest BCUT2D eigenvalue weighted by Gasteiger charge is 2.24. The molecule has 10 heteroatoms. The summed E-state index contributed by atoms with van der Waals surface area (Å²) in [6.07, 6.45) is 3.06. The van der Waals surface area contributed by atoms with E-state index in [1.807, 2.05) is 36.3 Å². The van der Waals surface area contributed by atoms with Gasteiger partial charge in [-0.15, -0.1) is 11.3 Å². The number of thiophene rings is 1. The molecule has 0 atom stereocenters. The number of hydrogen-bond donors (Lipinski definition) is 2. The van der Waals surface area contributed by atoms with Crippen molar-refractivity contribution in [3.05, 3.63) is 51.8 Å². The zero-order valence-corrected chi connectivity index (χ0v) is 19.9. The van der Waals surface area contributed by atoms with Gasteiger partial charge in [0.15, 0.2) is 5.82 Å². The van der Waals surface area contributed by atoms with Crippen molar-refractivity contribution in [3.8, 4) is 5.75 Å². The number of nitrogens with zero attached hydrogens (tertiary/aromatic N) is 3. The second-order valence-corrected chi connectivity index (χ2v) is 12.5. The van der Waals surface area contributed by atoms with Crippen molar-refractivity contribution in [2.45, 2.75) is 6.54 Å². The molecule has 4 rings (SSSR count). The molecule has 1 aliphatic rings. The van der Waals surface area contributed by atoms with Crippen molar-refractivity contribution in [3.63, 3.8) is 0 Å². The van der Waals surface area contributed by atoms with Crippen LogP contribution < -0.4 is 20.3 Å². The Labute approximate surface area is 191 Å². The van der Waals surface area contributed by atoms with Gasteiger partial charge in [0.25, 0.3) is 0 Å². The molecule has 2 aromatic heterocycles. The summed E-state index contributed by atoms with van der Waals surface area (Å²) in [6, 6.07) is 10.0. The highest BCUT2D eigenvalue weighted by Crippen LogP contribution is 2.44. The molecule has 0 saturated carbocycles. The topological polar surface area (TPSA) is 79.4 Å². The predicted molar refractivity (Wildman–Crippen MR) is 130 cm³/mol. The molecular formula is C21H25ClN5O2PS. The van der Waals surface area contributed by atoms with Crippen molar-refractivity contribution in [2.24, 2.45) is 0 Å². The Morgan fingerprint density at radius 1 is 1.29 bits per heavy atom. The van der Waals surface area contributed by atoms with Gasteiger partial charge in [0, 0.05) is 42.0 Å². The first-order valence-corrected chi connectivity index (χ1v) is 13.8. The molecule has 164 valence electrons. The fourth-order valence-corrected chi connectivity index (χ4v) is 5.71. The van der Waals surface area contributed by atoms with E-state index in [9.17, 15) is 4.57 Å². The first-order valence-electron chi connectivity index (χ1n) is 9.98. The Bertz CT molecular complexity index is 1080. The highest BCUT2D eigenvalue weighted by molar-refractivity contribution is 7.63. The van der Waals surface area contributed by atoms with Crippen molar-refractivity contribution in [1.82, 2.24) is 9.97 Å². The van der Waals surface area contributed by atoms with E-state index in [-0.39, 0.29) is 0 Å². The number of ether oxygens (including phenoxy) is 1. The van der Waals surface area contributed by atoms with Gasteiger partial charge >= 0.3 is 0 Å². The number of halogens is 1. The average molecular weight is 478 g/mol. The van der Waals surface area contributed by atoms with Gasteiger partial charge in [-0.25, -0.2) is 4.98 Å². The highest BCUT2D eigenvalue weighted by atomic mass is 35.5. The van der Waals surface area contributed by atoms with Gasteiger partial charge < -0.3 is 24.8 Å². The van der Waals surface area contributed by atoms with Gasteiger partial charge in [-0.2, -0.15) is 4.98 Å². The van der Waals surface area contributed by atoms with E-state index in [0.717, 1.165) is 36.8 Å². The van der Waals surface area contributed by atoms with Crippen LogP contribution in [0.1, 0.15) is 4.88 Å². The molecule has 0 spiro atoms. The molecule has 0 radical (unpaired) electrons. The zero-order chi connectivity index (χ0) is 21.8. The number of methoxy groups -OCH3 is 1. The summed E-state index contributed by atoms with van der Waals surface area (Å²) >= 11 is 8.01. The number of anilines is 4. The maximum absolute atomic E-state index is 12.3. The van der Waals surface area contributed by atoms with E-state index in [1.165, 1.54) is 4.88 Å². The molecule has 1 aromatic carbocycles. The molecule has 7 nitrogen and oxygen atoms in total. The fourth-order valence-electron chi connectivity index (χ4n) is 3.37. The van der Waals surface area contributed by atoms with Crippen LogP contribution in [0.5, 0.6) is 5.75 Å². The average Bonchev–Trinajstić information content (AvgIpc) is 3.28. The summed E-state index contributed by atoms with van der Waals surface area (Å²) in [5.41, 5.74) is 1.81. The van der Waals surface area contributed by atoms with E-state index in [0.29, 0.717) is 29.1 Å². The smallest absolute Gasteiger partial charge is 0.225 e. The molecular weight excluding hydrogens is 453 g/mol. The number of benzene rings is 1. The third-order valence-electron chi connectivity index (χ3n) is 5.23. The van der Waals surface area contributed by atoms with Crippen molar-refractivity contribution < 1.29 is 9.30 Å². The van der Waals surface area contributed by atoms with Crippen LogP contribution in [0.3, 0.4) is 0 Å². The van der Waals surface area contributed by atoms with Crippen LogP contribution in [-0.4, -0.2) is 49.2 Å². The van der Waals surface area contributed by atoms with Crippen LogP contribution in [0.25, 0.3) is 0 Å². The molecule has 0 amide bonds. The van der Waals surface area contributed by atoms with Gasteiger partial charge in [0.1, 0.15) is 10.8 Å². The van der Waals surface area contributed by atoms with Gasteiger partial charge in [0.05, 0.1) is 32.7 Å². The van der Waals surface area contributed by atoms with E-state index < -0.39 is 7.14 Å². The summed E-state index contributed by atoms with van der Waals surface area (Å²) in [7, 11) is -0.335. The minimum Gasteiger partial charge on any atom is -0.494 e. The quantitative estimate of drug-likeness (QED) is 0.443. The molecule has 31 heavy (non-hydrogen) atoms. The Morgan fingerprint density at radius 2 is 2.10 bits per heavy atom. The molecule has 0 aliphatic carbocycles. The molecule has 1 saturated heterocycles. The van der Waals surface area contributed by atoms with Crippen LogP contribution in [-0.2, 0) is 11.1 Å². The van der Waals surface area contributed by atoms with Crippen molar-refractivity contribution in [1.29, 1.82) is 0 Å². The van der Waals surface area contributed by atoms with Crippen LogP contribution in [0.2, 0.25) is 5.02 Å². The number of aromatic nitrogens is 2. The summed E-state index contributed by atoms with van der Waals surface area (Å²) in [4.78, 5) is 12.2. The largest absolute Gasteiger partial charge is 0.494 e. The maximum Gasteiger partial charge on any atom is 0.225 e. The third kappa shape index (κ3) is 5.50. The molecule has 2 N–H and O–H groups in total. The second-order valence-electron chi connectivity index (χ2n) is 7.56. The lowest BCUT2D eigenvalue weighted by molar-refractivity contribution is 0.417. The Morgan fingerprint density at radius 3 is 2.81 bits per heavy atom. The van der Waals surface area contributed by atoms with E-state index in [2.05, 4.69) is 31.6 Å². The standard InChI is InChI=1S/C21H25ClN5O2PS/c1-29-19-12-15(27-7-9-30(2,28)10-8-27)5-6-18(19)25-20-17(22)14-24-21(26-20)23-13-16-4-3-11-31-16/h3-6,11-12,14H,7-10,13H2,1-2H3,(H2,23,24,25,26). The number of hydrogen-bond acceptors (Lipinski definition) is 8. The van der Waals surface area contributed by atoms with E-state index in [1.54, 1.807) is 24.6 Å². The second kappa shape index (κ2) is 9.47. The third-order valence-corrected chi connectivity index (χ3v) is 8.68. The van der Waals surface area contributed by atoms with Gasteiger partial charge in [-0.3, -0.25) is 0 Å². The predicted octanol–water partition coefficient (Wildman–Crippen LogP) is 5.37. The minimum atomic E-state index is -1.97. The van der Waals surface area contributed by atoms with Gasteiger partial charge in [0.2, 0.25) is 5.95 Å². The molecule has 1 aliphatic heterocycles. The number of rotatable bonds is 7. The summed E-state index contributed by atoms with van der Waals surface area (Å²) < 4.78 is 17.9. The monoisotopic (exact) mass is 477 g/mol. The molecule has 3 aromatic rings. The first kappa shape index (κ1) is 21.9. The van der Waals surface area contributed by atoms with E-state index >= 15 is 0 Å². The Hall–Kier alpha value is -2.28. The molecule has 3 heterocycles. The molecule has 0 bridgehead atoms. The zero-order valence-electron chi connectivity index (χ0n) is 17.5. The van der Waals surface area contributed by atoms with Gasteiger partial charge in [-0.1, -0.05) is 17.7 Å². The first-order chi connectivity index (χ1) is 14.9. The number of nitrogens with one attached hydrogen (secondary N) is 2. The van der Waals surface area contributed by atoms with Gasteiger partial charge in [-0.05, 0) is 30.2 Å². The summed E-state index contributed by atoms with van der Waals surface area (Å²) in [6.45, 7) is 4.13. The van der Waals surface area contributed by atoms with Crippen molar-refractivity contribution >= 4 is 53.2 Å². The van der Waals surface area contributed by atoms with E-state index in [4.69, 9.17) is 16.3 Å². The lowest BCUT2D eigenvalue weighted by atomic mass is 10.2. The lowest BCUT2D eigenvalue weighted by Gasteiger charge is -2.32. The molecule has 0 unspecified atom stereocenters. The minimum absolute atomic E-state index is 0.419. The van der Waals surface area contributed by atoms with Crippen molar-refractivity contribution in [2.75, 3.05) is 54.7 Å². The Balaban J connectivity index is 1.49. The van der Waals surface area contributed by atoms with Crippen LogP contribution in [0.15, 0.2) is 41.9 Å². The fraction of sp³-hybridized carbons (Fsp3) is 0.333. The lowest BCUT2D eigenvalue weighted by Crippen LogP contribution is -2.34. The van der Waals surface area contributed by atoms with Crippen LogP contribution in [0, 0.1) is 0 Å². The van der Waals surface area contributed by atoms with Crippen LogP contribution in [0.4, 0.5) is 23.1 Å². The normalized spacial score (nSPS) is 15.5. The summed E-state index contributed by atoms with van der Waals surface area (Å²) in [5.74, 6) is 1.68. The Kier molecular flexibility index (Phi) is 6.70.